The number of piperazine rings is 2. The van der Waals surface area contributed by atoms with Crippen LogP contribution in [0.3, 0.4) is 0 Å². The van der Waals surface area contributed by atoms with E-state index < -0.39 is 0 Å². The number of benzene rings is 4. The Bertz CT molecular complexity index is 1900. The molecule has 2 heterocycles. The van der Waals surface area contributed by atoms with E-state index in [2.05, 4.69) is 64.7 Å². The number of halogens is 7. The molecule has 280 valence electrons. The van der Waals surface area contributed by atoms with Gasteiger partial charge < -0.3 is 20.9 Å². The first-order valence-corrected chi connectivity index (χ1v) is 19.7. The summed E-state index contributed by atoms with van der Waals surface area (Å²) in [6, 6.07) is 27.5. The van der Waals surface area contributed by atoms with E-state index in [0.29, 0.717) is 37.7 Å². The van der Waals surface area contributed by atoms with Crippen molar-refractivity contribution in [2.45, 2.75) is 24.2 Å². The minimum atomic E-state index is -0.0322. The van der Waals surface area contributed by atoms with Crippen molar-refractivity contribution in [1.82, 2.24) is 9.80 Å². The average molecular weight is 924 g/mol. The summed E-state index contributed by atoms with van der Waals surface area (Å²) in [5.41, 5.74) is 26.5. The summed E-state index contributed by atoms with van der Waals surface area (Å²) in [6.07, 6.45) is 0. The van der Waals surface area contributed by atoms with Crippen LogP contribution in [0.25, 0.3) is 26.4 Å². The second kappa shape index (κ2) is 22.8. The molecule has 18 heteroatoms. The van der Waals surface area contributed by atoms with Crippen molar-refractivity contribution in [2.24, 2.45) is 5.11 Å². The number of hydrogen-bond donors (Lipinski definition) is 0. The first-order chi connectivity index (χ1) is 25.4. The van der Waals surface area contributed by atoms with Gasteiger partial charge in [0.1, 0.15) is 0 Å². The van der Waals surface area contributed by atoms with E-state index in [-0.39, 0.29) is 47.7 Å². The topological polar surface area (TPSA) is 120 Å². The van der Waals surface area contributed by atoms with Crippen LogP contribution in [0.5, 0.6) is 0 Å². The van der Waals surface area contributed by atoms with E-state index in [0.717, 1.165) is 53.5 Å². The van der Waals surface area contributed by atoms with E-state index in [1.165, 1.54) is 10.5 Å². The molecule has 0 aromatic heterocycles. The number of nitrogens with zero attached hydrogens (tertiary/aromatic N) is 10. The molecule has 10 nitrogen and oxygen atoms in total. The predicted octanol–water partition coefficient (Wildman–Crippen LogP) is 9.59. The first-order valence-electron chi connectivity index (χ1n) is 16.3. The van der Waals surface area contributed by atoms with Crippen LogP contribution in [0.1, 0.15) is 23.2 Å². The van der Waals surface area contributed by atoms with Crippen LogP contribution in [-0.2, 0) is 0 Å². The summed E-state index contributed by atoms with van der Waals surface area (Å²) in [6.45, 7) is 3.85. The maximum atomic E-state index is 8.81. The molecule has 2 saturated heterocycles. The van der Waals surface area contributed by atoms with Crippen molar-refractivity contribution in [2.75, 3.05) is 61.9 Å². The summed E-state index contributed by atoms with van der Waals surface area (Å²) in [7, 11) is 4.21. The Morgan fingerprint density at radius 3 is 1.35 bits per heavy atom. The third kappa shape index (κ3) is 12.1. The van der Waals surface area contributed by atoms with Crippen LogP contribution < -0.4 is 39.4 Å². The van der Waals surface area contributed by atoms with Crippen molar-refractivity contribution < 1.29 is 29.6 Å². The Kier molecular flexibility index (Phi) is 19.7. The SMILES string of the molecule is CN1CCN(c2ccc(Cl)cc2Cl)[C@@H](c2ccc(Cl)cc2)[C@H]1CBr.CN1CCN(c2ccc(Cl)cc2Cl)[C@@H](c2ccc(Cl)cc2)[C@H]1CN=[N+]=[N-].[N-]=[N+]=[N-].[Na+]. The normalized spacial score (nSPS) is 19.9. The molecule has 0 spiro atoms. The van der Waals surface area contributed by atoms with E-state index in [4.69, 9.17) is 86.2 Å². The summed E-state index contributed by atoms with van der Waals surface area (Å²) in [5.74, 6) is 0. The van der Waals surface area contributed by atoms with Crippen LogP contribution in [0.15, 0.2) is 90.0 Å². The van der Waals surface area contributed by atoms with Crippen molar-refractivity contribution in [3.05, 3.63) is 153 Å². The molecule has 2 aliphatic heterocycles. The fourth-order valence-corrected chi connectivity index (χ4v) is 8.83. The molecule has 2 fully saturated rings. The number of hydrogen-bond acceptors (Lipinski definition) is 5. The molecule has 0 radical (unpaired) electrons. The van der Waals surface area contributed by atoms with Crippen LogP contribution in [0.4, 0.5) is 11.4 Å². The van der Waals surface area contributed by atoms with Crippen LogP contribution in [-0.4, -0.2) is 74.0 Å². The third-order valence-electron chi connectivity index (χ3n) is 9.27. The Morgan fingerprint density at radius 1 is 0.611 bits per heavy atom. The van der Waals surface area contributed by atoms with Crippen molar-refractivity contribution in [1.29, 1.82) is 0 Å². The fraction of sp³-hybridized carbons (Fsp3) is 0.333. The Labute approximate surface area is 376 Å². The van der Waals surface area contributed by atoms with Crippen LogP contribution in [0.2, 0.25) is 30.1 Å². The van der Waals surface area contributed by atoms with Gasteiger partial charge >= 0.3 is 29.6 Å². The average Bonchev–Trinajstić information content (AvgIpc) is 3.13. The monoisotopic (exact) mass is 920 g/mol. The third-order valence-corrected chi connectivity index (χ3v) is 11.5. The minimum absolute atomic E-state index is 0. The molecule has 4 atom stereocenters. The van der Waals surface area contributed by atoms with Gasteiger partial charge in [0.05, 0.1) is 33.5 Å². The summed E-state index contributed by atoms with van der Waals surface area (Å²) in [5, 5.41) is 8.67. The smallest absolute Gasteiger partial charge is 0.373 e. The molecule has 4 aromatic carbocycles. The number of likely N-dealkylation sites (N-methyl/N-ethyl adjacent to an activating group) is 2. The molecule has 0 amide bonds. The second-order valence-electron chi connectivity index (χ2n) is 12.3. The van der Waals surface area contributed by atoms with Gasteiger partial charge in [0.15, 0.2) is 0 Å². The van der Waals surface area contributed by atoms with E-state index in [9.17, 15) is 0 Å². The predicted molar refractivity (Wildman–Crippen MR) is 227 cm³/mol. The van der Waals surface area contributed by atoms with Gasteiger partial charge in [-0.3, -0.25) is 14.7 Å². The van der Waals surface area contributed by atoms with Gasteiger partial charge in [-0.05, 0) is 91.4 Å². The zero-order chi connectivity index (χ0) is 38.7. The summed E-state index contributed by atoms with van der Waals surface area (Å²) in [4.78, 5) is 13.7. The molecule has 2 aliphatic rings. The number of anilines is 2. The zero-order valence-corrected chi connectivity index (χ0v) is 37.9. The molecule has 0 bridgehead atoms. The minimum Gasteiger partial charge on any atom is -0.373 e. The Morgan fingerprint density at radius 2 is 0.981 bits per heavy atom. The van der Waals surface area contributed by atoms with E-state index >= 15 is 0 Å². The van der Waals surface area contributed by atoms with E-state index in [1.807, 2.05) is 67.7 Å². The van der Waals surface area contributed by atoms with Crippen molar-refractivity contribution >= 4 is 96.9 Å². The van der Waals surface area contributed by atoms with Crippen molar-refractivity contribution in [3.63, 3.8) is 0 Å². The van der Waals surface area contributed by atoms with Crippen LogP contribution in [0, 0.1) is 0 Å². The Balaban J connectivity index is 0.000000267. The zero-order valence-electron chi connectivity index (χ0n) is 29.8. The van der Waals surface area contributed by atoms with Gasteiger partial charge in [-0.15, -0.1) is 0 Å². The number of azide groups is 1. The fourth-order valence-electron chi connectivity index (χ4n) is 6.69. The summed E-state index contributed by atoms with van der Waals surface area (Å²) < 4.78 is 0. The van der Waals surface area contributed by atoms with Crippen molar-refractivity contribution in [3.8, 4) is 0 Å². The quantitative estimate of drug-likeness (QED) is 0.0603. The van der Waals surface area contributed by atoms with Gasteiger partial charge in [-0.25, -0.2) is 0 Å². The molecule has 0 aliphatic carbocycles. The molecule has 0 unspecified atom stereocenters. The summed E-state index contributed by atoms with van der Waals surface area (Å²) >= 11 is 41.0. The van der Waals surface area contributed by atoms with Crippen LogP contribution >= 0.6 is 85.5 Å². The Hall–Kier alpha value is -1.76. The van der Waals surface area contributed by atoms with Gasteiger partial charge in [-0.1, -0.05) is 115 Å². The first kappa shape index (κ1) is 46.6. The maximum Gasteiger partial charge on any atom is 1.00 e. The number of alkyl halides is 1. The molecule has 6 rings (SSSR count). The maximum absolute atomic E-state index is 8.81. The second-order valence-corrected chi connectivity index (χ2v) is 15.5. The molecular formula is C36H36BrCl6N10Na. The number of rotatable bonds is 7. The molecular weight excluding hydrogens is 888 g/mol. The molecule has 54 heavy (non-hydrogen) atoms. The van der Waals surface area contributed by atoms with E-state index in [1.54, 1.807) is 12.1 Å². The largest absolute Gasteiger partial charge is 1.00 e. The van der Waals surface area contributed by atoms with Gasteiger partial charge in [0.25, 0.3) is 0 Å². The standard InChI is InChI=1S/C18H18BrCl3N2.C18H18Cl3N5.N3.Na/c1-23-8-9-24(16-7-6-14(21)10-15(16)22)18(17(23)11-19)12-2-4-13(20)5-3-12;1-25-8-9-26(16-7-6-14(20)10-15(16)21)18(17(25)11-23-24-22)12-2-4-13(19)5-3-12;1-3-2;/h2-7,10,17-18H,8-9,11H2,1H3;2-7,10,17-18H,8-9,11H2,1H3;;/q;;-1;+1/t2*17-,18+;;/m11../s1. The van der Waals surface area contributed by atoms with Gasteiger partial charge in [0, 0.05) is 75.1 Å². The van der Waals surface area contributed by atoms with Gasteiger partial charge in [-0.2, -0.15) is 0 Å². The molecule has 0 saturated carbocycles. The van der Waals surface area contributed by atoms with Gasteiger partial charge in [0.2, 0.25) is 0 Å². The molecule has 4 aromatic rings. The molecule has 0 N–H and O–H groups in total.